The number of aliphatic carboxylic acids is 1. The summed E-state index contributed by atoms with van der Waals surface area (Å²) in [6.45, 7) is 10.4. The van der Waals surface area contributed by atoms with Gasteiger partial charge in [0.05, 0.1) is 5.69 Å². The first-order valence-corrected chi connectivity index (χ1v) is 11.4. The molecule has 0 amide bonds. The third-order valence-corrected chi connectivity index (χ3v) is 5.56. The number of hydrogen-bond acceptors (Lipinski definition) is 4. The molecule has 0 bridgehead atoms. The van der Waals surface area contributed by atoms with E-state index in [9.17, 15) is 9.90 Å². The van der Waals surface area contributed by atoms with E-state index in [1.54, 1.807) is 6.20 Å². The molecule has 1 rings (SSSR count). The Morgan fingerprint density at radius 3 is 2.45 bits per heavy atom. The molecule has 1 atom stereocenters. The lowest BCUT2D eigenvalue weighted by molar-refractivity contribution is -0.148. The third kappa shape index (κ3) is 6.50. The zero-order valence-electron chi connectivity index (χ0n) is 14.1. The molecule has 0 aliphatic rings. The fourth-order valence-corrected chi connectivity index (χ4v) is 4.73. The average molecular weight is 342 g/mol. The number of nitrogens with zero attached hydrogens (tertiary/aromatic N) is 1. The maximum absolute atomic E-state index is 12.0. The fourth-order valence-electron chi connectivity index (χ4n) is 1.98. The minimum Gasteiger partial charge on any atom is -0.478 e. The van der Waals surface area contributed by atoms with Crippen LogP contribution in [0.25, 0.3) is 0 Å². The van der Waals surface area contributed by atoms with Crippen LogP contribution in [0.1, 0.15) is 39.3 Å². The molecule has 4 nitrogen and oxygen atoms in total. The second-order valence-corrected chi connectivity index (χ2v) is 10.5. The van der Waals surface area contributed by atoms with Crippen molar-refractivity contribution in [3.8, 4) is 0 Å². The zero-order valence-corrected chi connectivity index (χ0v) is 16.1. The highest BCUT2D eigenvalue weighted by Crippen LogP contribution is 2.38. The number of carboxylic acids is 1. The van der Waals surface area contributed by atoms with Gasteiger partial charge in [-0.2, -0.15) is 0 Å². The Labute approximate surface area is 139 Å². The quantitative estimate of drug-likeness (QED) is 0.573. The number of rotatable bonds is 8. The second-order valence-electron chi connectivity index (χ2n) is 6.90. The molecule has 22 heavy (non-hydrogen) atoms. The number of thioether (sulfide) groups is 1. The van der Waals surface area contributed by atoms with Crippen LogP contribution in [0.2, 0.25) is 13.1 Å². The number of carboxylic acid groups (broad SMARTS) is 1. The molecule has 0 aliphatic carbocycles. The summed E-state index contributed by atoms with van der Waals surface area (Å²) in [5.41, 5.74) is 0.955. The molecule has 0 fully saturated rings. The van der Waals surface area contributed by atoms with Crippen LogP contribution in [0, 0.1) is 5.41 Å². The van der Waals surface area contributed by atoms with Crippen LogP contribution in [-0.4, -0.2) is 30.0 Å². The lowest BCUT2D eigenvalue weighted by Gasteiger charge is -2.33. The predicted octanol–water partition coefficient (Wildman–Crippen LogP) is 3.92. The number of aromatic nitrogens is 1. The van der Waals surface area contributed by atoms with Gasteiger partial charge in [0.2, 0.25) is 4.93 Å². The van der Waals surface area contributed by atoms with Crippen LogP contribution in [0.15, 0.2) is 24.4 Å². The monoisotopic (exact) mass is 341 g/mol. The van der Waals surface area contributed by atoms with Gasteiger partial charge in [0.15, 0.2) is 9.04 Å². The van der Waals surface area contributed by atoms with E-state index < -0.39 is 19.9 Å². The van der Waals surface area contributed by atoms with E-state index >= 15 is 0 Å². The molecule has 0 radical (unpaired) electrons. The number of hydrogen-bond donors (Lipinski definition) is 1. The highest BCUT2D eigenvalue weighted by atomic mass is 32.2. The van der Waals surface area contributed by atoms with Crippen molar-refractivity contribution in [2.45, 2.75) is 57.4 Å². The minimum atomic E-state index is -1.48. The molecular weight excluding hydrogens is 314 g/mol. The Hall–Kier alpha value is -0.853. The van der Waals surface area contributed by atoms with Gasteiger partial charge in [-0.15, -0.1) is 11.8 Å². The molecule has 1 unspecified atom stereocenters. The van der Waals surface area contributed by atoms with Gasteiger partial charge in [-0.1, -0.05) is 26.8 Å². The first-order chi connectivity index (χ1) is 10.1. The van der Waals surface area contributed by atoms with Gasteiger partial charge >= 0.3 is 5.97 Å². The van der Waals surface area contributed by atoms with Gasteiger partial charge in [0.1, 0.15) is 0 Å². The molecule has 0 saturated heterocycles. The summed E-state index contributed by atoms with van der Waals surface area (Å²) in [4.78, 5) is 15.1. The van der Waals surface area contributed by atoms with Crippen molar-refractivity contribution in [2.75, 3.05) is 0 Å². The molecule has 6 heteroatoms. The molecule has 1 aromatic rings. The van der Waals surface area contributed by atoms with E-state index in [4.69, 9.17) is 4.43 Å². The smallest absolute Gasteiger partial charge is 0.345 e. The Bertz CT molecular complexity index is 476. The van der Waals surface area contributed by atoms with Crippen molar-refractivity contribution < 1.29 is 14.3 Å². The van der Waals surface area contributed by atoms with E-state index in [-0.39, 0.29) is 5.41 Å². The number of carbonyl (C=O) groups is 1. The molecule has 0 spiro atoms. The minimum absolute atomic E-state index is 0.0775. The molecule has 124 valence electrons. The topological polar surface area (TPSA) is 59.4 Å². The van der Waals surface area contributed by atoms with Gasteiger partial charge in [-0.05, 0) is 43.5 Å². The van der Waals surface area contributed by atoms with E-state index in [1.165, 1.54) is 11.8 Å². The van der Waals surface area contributed by atoms with E-state index in [0.29, 0.717) is 12.2 Å². The summed E-state index contributed by atoms with van der Waals surface area (Å²) in [5, 5.41) is 9.80. The van der Waals surface area contributed by atoms with Crippen LogP contribution in [-0.2, 0) is 15.0 Å². The van der Waals surface area contributed by atoms with Crippen LogP contribution in [0.5, 0.6) is 0 Å². The zero-order chi connectivity index (χ0) is 16.8. The maximum atomic E-state index is 12.0. The Kier molecular flexibility index (Phi) is 7.09. The van der Waals surface area contributed by atoms with Gasteiger partial charge < -0.3 is 9.53 Å². The van der Waals surface area contributed by atoms with Gasteiger partial charge in [-0.25, -0.2) is 4.79 Å². The second kappa shape index (κ2) is 8.13. The van der Waals surface area contributed by atoms with Gasteiger partial charge in [0, 0.05) is 11.9 Å². The number of pyridine rings is 1. The third-order valence-electron chi connectivity index (χ3n) is 3.14. The van der Waals surface area contributed by atoms with E-state index in [2.05, 4.69) is 25.8 Å². The van der Waals surface area contributed by atoms with Crippen molar-refractivity contribution in [2.24, 2.45) is 5.41 Å². The summed E-state index contributed by atoms with van der Waals surface area (Å²) in [7, 11) is -1.48. The molecule has 1 aromatic heterocycles. The van der Waals surface area contributed by atoms with Gasteiger partial charge in [-0.3, -0.25) is 4.98 Å². The van der Waals surface area contributed by atoms with Crippen LogP contribution in [0.4, 0.5) is 0 Å². The van der Waals surface area contributed by atoms with E-state index in [1.807, 2.05) is 31.3 Å². The molecule has 0 aromatic carbocycles. The Morgan fingerprint density at radius 2 is 2.00 bits per heavy atom. The summed E-state index contributed by atoms with van der Waals surface area (Å²) in [5.74, 6) is -0.336. The SMILES string of the molecule is C[SiH](C)OC(CCC(C)(C)C)(SCc1ccccn1)C(=O)O. The molecule has 1 N–H and O–H groups in total. The average Bonchev–Trinajstić information content (AvgIpc) is 2.41. The standard InChI is InChI=1S/C16H27NO3SSi/c1-15(2,3)9-10-16(14(18)19,20-22(4)5)21-12-13-8-6-7-11-17-13/h6-8,11,22H,9-10,12H2,1-5H3,(H,18,19). The van der Waals surface area contributed by atoms with E-state index in [0.717, 1.165) is 12.1 Å². The first-order valence-electron chi connectivity index (χ1n) is 7.60. The molecule has 0 aliphatic heterocycles. The van der Waals surface area contributed by atoms with Gasteiger partial charge in [0.25, 0.3) is 0 Å². The van der Waals surface area contributed by atoms with Crippen LogP contribution < -0.4 is 0 Å². The molecule has 1 heterocycles. The lowest BCUT2D eigenvalue weighted by atomic mass is 9.89. The maximum Gasteiger partial charge on any atom is 0.345 e. The largest absolute Gasteiger partial charge is 0.478 e. The van der Waals surface area contributed by atoms with Crippen molar-refractivity contribution in [3.05, 3.63) is 30.1 Å². The van der Waals surface area contributed by atoms with Crippen LogP contribution >= 0.6 is 11.8 Å². The summed E-state index contributed by atoms with van der Waals surface area (Å²) < 4.78 is 5.99. The lowest BCUT2D eigenvalue weighted by Crippen LogP contribution is -2.42. The normalized spacial score (nSPS) is 14.8. The van der Waals surface area contributed by atoms with Crippen molar-refractivity contribution >= 4 is 26.8 Å². The Balaban J connectivity index is 2.89. The van der Waals surface area contributed by atoms with Crippen molar-refractivity contribution in [1.82, 2.24) is 4.98 Å². The predicted molar refractivity (Wildman–Crippen MR) is 94.5 cm³/mol. The summed E-state index contributed by atoms with van der Waals surface area (Å²) in [6.07, 6.45) is 3.04. The summed E-state index contributed by atoms with van der Waals surface area (Å²) in [6, 6.07) is 5.68. The van der Waals surface area contributed by atoms with Crippen LogP contribution in [0.3, 0.4) is 0 Å². The van der Waals surface area contributed by atoms with Crippen molar-refractivity contribution in [1.29, 1.82) is 0 Å². The van der Waals surface area contributed by atoms with Crippen molar-refractivity contribution in [3.63, 3.8) is 0 Å². The highest BCUT2D eigenvalue weighted by Gasteiger charge is 2.41. The first kappa shape index (κ1) is 19.2. The molecule has 0 saturated carbocycles. The summed E-state index contributed by atoms with van der Waals surface area (Å²) >= 11 is 1.35. The molecular formula is C16H27NO3SSi. The Morgan fingerprint density at radius 1 is 1.32 bits per heavy atom. The highest BCUT2D eigenvalue weighted by molar-refractivity contribution is 8.00. The fraction of sp³-hybridized carbons (Fsp3) is 0.625.